The maximum absolute atomic E-state index is 4.98. The Kier molecular flexibility index (Phi) is 19.3. The molecule has 0 aromatic carbocycles. The van der Waals surface area contributed by atoms with Crippen LogP contribution in [0.1, 0.15) is 0 Å². The number of rotatable bonds is 0. The van der Waals surface area contributed by atoms with Crippen LogP contribution in [-0.2, 0) is 11.5 Å². The van der Waals surface area contributed by atoms with Gasteiger partial charge in [0.25, 0.3) is 0 Å². The van der Waals surface area contributed by atoms with Crippen LogP contribution < -0.4 is 0 Å². The van der Waals surface area contributed by atoms with Crippen molar-refractivity contribution in [3.05, 3.63) is 0 Å². The van der Waals surface area contributed by atoms with Crippen LogP contribution in [0.2, 0.25) is 0 Å². The molecule has 0 aromatic rings. The zero-order valence-electron chi connectivity index (χ0n) is 1.83. The van der Waals surface area contributed by atoms with Crippen LogP contribution in [0.5, 0.6) is 0 Å². The summed E-state index contributed by atoms with van der Waals surface area (Å²) in [4.78, 5) is 0. The normalized spacial score (nSPS) is 10.9. The molecule has 0 aromatic heterocycles. The Morgan fingerprint density at radius 1 is 0.714 bits per heavy atom. The molecule has 7 heteroatoms. The van der Waals surface area contributed by atoms with E-state index in [0.29, 0.717) is 0 Å². The molecule has 0 radical (unpaired) electrons. The van der Waals surface area contributed by atoms with E-state index < -0.39 is 11.5 Å². The SMILES string of the molecule is [Cl][Pd]([Cl])([Cl])[Cl].[NaH].[NaH]. The predicted molar refractivity (Wildman–Crippen MR) is 37.7 cm³/mol. The first-order valence-corrected chi connectivity index (χ1v) is 8.49. The summed E-state index contributed by atoms with van der Waals surface area (Å²) in [6.45, 7) is 0. The summed E-state index contributed by atoms with van der Waals surface area (Å²) in [6, 6.07) is 0. The van der Waals surface area contributed by atoms with Crippen molar-refractivity contribution in [2.45, 2.75) is 0 Å². The summed E-state index contributed by atoms with van der Waals surface area (Å²) < 4.78 is 0. The van der Waals surface area contributed by atoms with Gasteiger partial charge in [-0.15, -0.1) is 0 Å². The van der Waals surface area contributed by atoms with Gasteiger partial charge in [0, 0.05) is 0 Å². The molecule has 7 heavy (non-hydrogen) atoms. The third kappa shape index (κ3) is 41.1. The molecule has 0 nitrogen and oxygen atoms in total. The van der Waals surface area contributed by atoms with Gasteiger partial charge in [-0.1, -0.05) is 0 Å². The minimum absolute atomic E-state index is 0. The van der Waals surface area contributed by atoms with Gasteiger partial charge >= 0.3 is 109 Å². The average molecular weight is 296 g/mol. The van der Waals surface area contributed by atoms with E-state index >= 15 is 0 Å². The van der Waals surface area contributed by atoms with E-state index in [-0.39, 0.29) is 59.1 Å². The third-order valence-electron chi connectivity index (χ3n) is 0. The summed E-state index contributed by atoms with van der Waals surface area (Å²) in [5.74, 6) is 0. The van der Waals surface area contributed by atoms with Crippen LogP contribution >= 0.6 is 38.1 Å². The average Bonchev–Trinajstić information content (AvgIpc) is 0.722. The Labute approximate surface area is 106 Å². The molecule has 42 valence electrons. The van der Waals surface area contributed by atoms with Crippen molar-refractivity contribution >= 4 is 97.2 Å². The van der Waals surface area contributed by atoms with Crippen molar-refractivity contribution in [2.24, 2.45) is 0 Å². The Hall–Kier alpha value is 3.82. The summed E-state index contributed by atoms with van der Waals surface area (Å²) in [5, 5.41) is 0. The van der Waals surface area contributed by atoms with E-state index in [2.05, 4.69) is 0 Å². The van der Waals surface area contributed by atoms with Gasteiger partial charge < -0.3 is 0 Å². The van der Waals surface area contributed by atoms with Crippen molar-refractivity contribution in [3.63, 3.8) is 0 Å². The van der Waals surface area contributed by atoms with Gasteiger partial charge in [0.1, 0.15) is 0 Å². The molecule has 0 amide bonds. The van der Waals surface area contributed by atoms with Crippen LogP contribution in [0.4, 0.5) is 0 Å². The summed E-state index contributed by atoms with van der Waals surface area (Å²) >= 11 is -2.81. The second-order valence-electron chi connectivity index (χ2n) is 0.271. The molecule has 0 N–H and O–H groups in total. The second kappa shape index (κ2) is 7.92. The van der Waals surface area contributed by atoms with E-state index in [1.807, 2.05) is 0 Å². The molecule has 0 saturated carbocycles. The molecular formula is H2Cl4Na2Pd. The molecule has 0 bridgehead atoms. The summed E-state index contributed by atoms with van der Waals surface area (Å²) in [7, 11) is 19.9. The van der Waals surface area contributed by atoms with Gasteiger partial charge in [-0.3, -0.25) is 0 Å². The van der Waals surface area contributed by atoms with Gasteiger partial charge in [-0.2, -0.15) is 0 Å². The van der Waals surface area contributed by atoms with E-state index in [1.54, 1.807) is 0 Å². The van der Waals surface area contributed by atoms with Crippen molar-refractivity contribution in [2.75, 3.05) is 0 Å². The summed E-state index contributed by atoms with van der Waals surface area (Å²) in [6.07, 6.45) is 0. The van der Waals surface area contributed by atoms with Crippen LogP contribution in [0, 0.1) is 0 Å². The predicted octanol–water partition coefficient (Wildman–Crippen LogP) is 1.46. The van der Waals surface area contributed by atoms with Gasteiger partial charge in [-0.25, -0.2) is 0 Å². The monoisotopic (exact) mass is 294 g/mol. The van der Waals surface area contributed by atoms with Crippen LogP contribution in [0.3, 0.4) is 0 Å². The first-order chi connectivity index (χ1) is 2.00. The first kappa shape index (κ1) is 17.1. The van der Waals surface area contributed by atoms with E-state index in [1.165, 1.54) is 0 Å². The van der Waals surface area contributed by atoms with Crippen molar-refractivity contribution in [1.29, 1.82) is 0 Å². The zero-order valence-corrected chi connectivity index (χ0v) is 6.41. The molecule has 0 fully saturated rings. The minimum atomic E-state index is -2.81. The molecule has 0 aliphatic rings. The summed E-state index contributed by atoms with van der Waals surface area (Å²) in [5.41, 5.74) is 0. The first-order valence-electron chi connectivity index (χ1n) is 0.478. The van der Waals surface area contributed by atoms with Crippen LogP contribution in [0.15, 0.2) is 0 Å². The molecule has 0 rings (SSSR count). The second-order valence-corrected chi connectivity index (χ2v) is 14.4. The van der Waals surface area contributed by atoms with Crippen LogP contribution in [0.25, 0.3) is 0 Å². The number of hydrogen-bond donors (Lipinski definition) is 0. The Morgan fingerprint density at radius 3 is 0.714 bits per heavy atom. The molecule has 0 aliphatic carbocycles. The Bertz CT molecular complexity index is 25.2. The zero-order chi connectivity index (χ0) is 4.50. The Morgan fingerprint density at radius 2 is 0.714 bits per heavy atom. The van der Waals surface area contributed by atoms with Crippen LogP contribution in [-0.4, -0.2) is 59.1 Å². The van der Waals surface area contributed by atoms with Gasteiger partial charge in [0.05, 0.1) is 0 Å². The quantitative estimate of drug-likeness (QED) is 0.594. The van der Waals surface area contributed by atoms with Crippen molar-refractivity contribution in [1.82, 2.24) is 0 Å². The van der Waals surface area contributed by atoms with E-state index in [9.17, 15) is 0 Å². The Balaban J connectivity index is -0.0000000800. The molecule has 0 heterocycles. The van der Waals surface area contributed by atoms with E-state index in [4.69, 9.17) is 38.1 Å². The fourth-order valence-corrected chi connectivity index (χ4v) is 0. The third-order valence-corrected chi connectivity index (χ3v) is 0. The fourth-order valence-electron chi connectivity index (χ4n) is 0. The van der Waals surface area contributed by atoms with E-state index in [0.717, 1.165) is 0 Å². The van der Waals surface area contributed by atoms with Crippen molar-refractivity contribution in [3.8, 4) is 0 Å². The molecular weight excluding hydrogens is 294 g/mol. The van der Waals surface area contributed by atoms with Crippen molar-refractivity contribution < 1.29 is 11.5 Å². The molecule has 0 spiro atoms. The standard InChI is InChI=1S/4ClH.2Na.Pd.2H/h4*1H;;;;;/q;;;;;;+4;;/p-4. The molecule has 0 aliphatic heterocycles. The van der Waals surface area contributed by atoms with Gasteiger partial charge in [-0.05, 0) is 0 Å². The molecule has 0 unspecified atom stereocenters. The van der Waals surface area contributed by atoms with Gasteiger partial charge in [0.2, 0.25) is 0 Å². The number of hydrogen-bond acceptors (Lipinski definition) is 0. The topological polar surface area (TPSA) is 0 Å². The maximum atomic E-state index is 4.98. The fraction of sp³-hybridized carbons (Fsp3) is 0. The molecule has 0 saturated heterocycles. The number of halogens is 4. The van der Waals surface area contributed by atoms with Gasteiger partial charge in [0.15, 0.2) is 0 Å². The molecule has 0 atom stereocenters.